The molecular formula is C26H31ClNO6PS. The maximum absolute atomic E-state index is 12.8. The maximum Gasteiger partial charge on any atom is 0.330 e. The monoisotopic (exact) mass is 551 g/mol. The van der Waals surface area contributed by atoms with Crippen molar-refractivity contribution in [3.63, 3.8) is 0 Å². The first kappa shape index (κ1) is 27.3. The number of aryl methyl sites for hydroxylation is 1. The second-order valence-corrected chi connectivity index (χ2v) is 11.2. The van der Waals surface area contributed by atoms with E-state index < -0.39 is 14.7 Å². The fourth-order valence-electron chi connectivity index (χ4n) is 4.63. The largest absolute Gasteiger partial charge is 0.467 e. The molecule has 0 aliphatic carbocycles. The fraction of sp³-hybridized carbons (Fsp3) is 0.423. The highest BCUT2D eigenvalue weighted by molar-refractivity contribution is 7.39. The Hall–Kier alpha value is -1.77. The highest BCUT2D eigenvalue weighted by Crippen LogP contribution is 2.36. The molecule has 1 aliphatic rings. The van der Waals surface area contributed by atoms with Crippen molar-refractivity contribution in [1.82, 2.24) is 4.90 Å². The number of halogens is 1. The number of aliphatic hydroxyl groups excluding tert-OH is 1. The SMILES string of the molecule is O=C1CCC[C@H](CCC(O)CCc2sc3ccccc3c2Cl)N1Cc1cccc(OCOP(O)O)c1. The Kier molecular flexibility index (Phi) is 9.96. The molecule has 0 spiro atoms. The Balaban J connectivity index is 1.30. The third-order valence-corrected chi connectivity index (χ3v) is 8.58. The summed E-state index contributed by atoms with van der Waals surface area (Å²) in [6, 6.07) is 15.5. The molecule has 10 heteroatoms. The fourth-order valence-corrected chi connectivity index (χ4v) is 6.32. The number of carbonyl (C=O) groups is 1. The number of carbonyl (C=O) groups excluding carboxylic acids is 1. The molecular weight excluding hydrogens is 521 g/mol. The van der Waals surface area contributed by atoms with Gasteiger partial charge >= 0.3 is 8.60 Å². The first-order valence-electron chi connectivity index (χ1n) is 12.1. The van der Waals surface area contributed by atoms with E-state index in [0.29, 0.717) is 31.6 Å². The van der Waals surface area contributed by atoms with E-state index in [0.717, 1.165) is 51.2 Å². The summed E-state index contributed by atoms with van der Waals surface area (Å²) in [6.45, 7) is 0.194. The van der Waals surface area contributed by atoms with E-state index in [1.165, 1.54) is 0 Å². The predicted molar refractivity (Wildman–Crippen MR) is 143 cm³/mol. The minimum Gasteiger partial charge on any atom is -0.467 e. The Labute approximate surface area is 221 Å². The minimum absolute atomic E-state index is 0.0778. The van der Waals surface area contributed by atoms with Crippen LogP contribution in [-0.4, -0.2) is 44.6 Å². The third-order valence-electron chi connectivity index (χ3n) is 6.47. The zero-order chi connectivity index (χ0) is 25.5. The summed E-state index contributed by atoms with van der Waals surface area (Å²) in [7, 11) is -2.47. The van der Waals surface area contributed by atoms with Gasteiger partial charge in [0, 0.05) is 34.0 Å². The van der Waals surface area contributed by atoms with Crippen LogP contribution >= 0.6 is 31.5 Å². The second-order valence-electron chi connectivity index (χ2n) is 8.96. The molecule has 3 aromatic rings. The number of thiophene rings is 1. The summed E-state index contributed by atoms with van der Waals surface area (Å²) >= 11 is 8.24. The molecule has 36 heavy (non-hydrogen) atoms. The molecule has 1 fully saturated rings. The number of hydrogen-bond acceptors (Lipinski definition) is 7. The maximum atomic E-state index is 12.8. The highest BCUT2D eigenvalue weighted by Gasteiger charge is 2.28. The molecule has 2 aromatic carbocycles. The smallest absolute Gasteiger partial charge is 0.330 e. The number of ether oxygens (including phenoxy) is 1. The normalized spacial score (nSPS) is 17.2. The topological polar surface area (TPSA) is 99.5 Å². The number of fused-ring (bicyclic) bond motifs is 1. The third kappa shape index (κ3) is 7.39. The minimum atomic E-state index is -2.47. The summed E-state index contributed by atoms with van der Waals surface area (Å²) in [4.78, 5) is 33.4. The average Bonchev–Trinajstić information content (AvgIpc) is 3.18. The van der Waals surface area contributed by atoms with Gasteiger partial charge in [0.05, 0.1) is 11.1 Å². The van der Waals surface area contributed by atoms with E-state index in [-0.39, 0.29) is 18.7 Å². The average molecular weight is 552 g/mol. The molecule has 2 atom stereocenters. The van der Waals surface area contributed by atoms with Crippen molar-refractivity contribution in [2.24, 2.45) is 0 Å². The molecule has 0 saturated carbocycles. The van der Waals surface area contributed by atoms with E-state index in [9.17, 15) is 9.90 Å². The zero-order valence-corrected chi connectivity index (χ0v) is 22.4. The number of amides is 1. The standard InChI is InChI=1S/C26H31ClNO6PS/c27-26-22-8-1-2-9-23(22)36-24(26)14-13-20(29)12-11-19-6-4-10-25(30)28(19)16-18-5-3-7-21(15-18)33-17-34-35(31)32/h1-3,5,7-9,15,19-20,29,31-32H,4,6,10-14,16-17H2/t19-,20?/m1/s1. The lowest BCUT2D eigenvalue weighted by Crippen LogP contribution is -2.43. The zero-order valence-electron chi connectivity index (χ0n) is 19.9. The number of likely N-dealkylation sites (tertiary alicyclic amines) is 1. The van der Waals surface area contributed by atoms with E-state index in [1.54, 1.807) is 17.4 Å². The predicted octanol–water partition coefficient (Wildman–Crippen LogP) is 5.77. The van der Waals surface area contributed by atoms with Crippen LogP contribution in [0.4, 0.5) is 0 Å². The van der Waals surface area contributed by atoms with Crippen LogP contribution in [0.3, 0.4) is 0 Å². The molecule has 1 saturated heterocycles. The summed E-state index contributed by atoms with van der Waals surface area (Å²) in [5.74, 6) is 0.652. The van der Waals surface area contributed by atoms with Crippen molar-refractivity contribution >= 4 is 47.5 Å². The lowest BCUT2D eigenvalue weighted by Gasteiger charge is -2.36. The van der Waals surface area contributed by atoms with Gasteiger partial charge in [0.2, 0.25) is 5.91 Å². The van der Waals surface area contributed by atoms with Crippen LogP contribution in [-0.2, 0) is 22.3 Å². The van der Waals surface area contributed by atoms with E-state index in [1.807, 2.05) is 41.3 Å². The van der Waals surface area contributed by atoms with Crippen molar-refractivity contribution in [3.8, 4) is 5.75 Å². The van der Waals surface area contributed by atoms with Crippen LogP contribution in [0.1, 0.15) is 49.0 Å². The van der Waals surface area contributed by atoms with Crippen LogP contribution in [0.25, 0.3) is 10.1 Å². The number of benzene rings is 2. The van der Waals surface area contributed by atoms with Gasteiger partial charge in [0.15, 0.2) is 6.79 Å². The molecule has 1 aromatic heterocycles. The molecule has 1 unspecified atom stereocenters. The van der Waals surface area contributed by atoms with Gasteiger partial charge in [-0.25, -0.2) is 0 Å². The Morgan fingerprint density at radius 2 is 2.00 bits per heavy atom. The van der Waals surface area contributed by atoms with Crippen LogP contribution in [0.2, 0.25) is 5.02 Å². The number of rotatable bonds is 12. The van der Waals surface area contributed by atoms with Crippen molar-refractivity contribution in [2.75, 3.05) is 6.79 Å². The van der Waals surface area contributed by atoms with Crippen LogP contribution < -0.4 is 4.74 Å². The number of hydrogen-bond donors (Lipinski definition) is 3. The van der Waals surface area contributed by atoms with Gasteiger partial charge in [-0.1, -0.05) is 41.9 Å². The first-order chi connectivity index (χ1) is 17.4. The van der Waals surface area contributed by atoms with Crippen molar-refractivity contribution in [1.29, 1.82) is 0 Å². The summed E-state index contributed by atoms with van der Waals surface area (Å²) in [5, 5.41) is 12.6. The molecule has 0 radical (unpaired) electrons. The van der Waals surface area contributed by atoms with Crippen molar-refractivity contribution < 1.29 is 28.9 Å². The quantitative estimate of drug-likeness (QED) is 0.195. The Morgan fingerprint density at radius 3 is 2.81 bits per heavy atom. The lowest BCUT2D eigenvalue weighted by molar-refractivity contribution is -0.137. The van der Waals surface area contributed by atoms with Crippen molar-refractivity contribution in [2.45, 2.75) is 63.6 Å². The molecule has 2 heterocycles. The number of aliphatic hydroxyl groups is 1. The number of piperidine rings is 1. The van der Waals surface area contributed by atoms with Crippen LogP contribution in [0.5, 0.6) is 5.75 Å². The Morgan fingerprint density at radius 1 is 1.17 bits per heavy atom. The Bertz CT molecular complexity index is 1160. The van der Waals surface area contributed by atoms with E-state index in [4.69, 9.17) is 26.1 Å². The summed E-state index contributed by atoms with van der Waals surface area (Å²) in [6.07, 6.45) is 4.60. The van der Waals surface area contributed by atoms with Gasteiger partial charge in [-0.05, 0) is 62.3 Å². The number of nitrogens with zero attached hydrogens (tertiary/aromatic N) is 1. The van der Waals surface area contributed by atoms with E-state index in [2.05, 4.69) is 10.6 Å². The van der Waals surface area contributed by atoms with E-state index >= 15 is 0 Å². The molecule has 7 nitrogen and oxygen atoms in total. The summed E-state index contributed by atoms with van der Waals surface area (Å²) < 4.78 is 11.2. The molecule has 194 valence electrons. The molecule has 1 aliphatic heterocycles. The molecule has 0 bridgehead atoms. The van der Waals surface area contributed by atoms with Crippen molar-refractivity contribution in [3.05, 3.63) is 64.0 Å². The van der Waals surface area contributed by atoms with Crippen LogP contribution in [0.15, 0.2) is 48.5 Å². The lowest BCUT2D eigenvalue weighted by atomic mass is 9.94. The molecule has 4 rings (SSSR count). The first-order valence-corrected chi connectivity index (χ1v) is 14.4. The van der Waals surface area contributed by atoms with Gasteiger partial charge < -0.3 is 24.5 Å². The van der Waals surface area contributed by atoms with Gasteiger partial charge in [-0.2, -0.15) is 0 Å². The van der Waals surface area contributed by atoms with Crippen LogP contribution in [0, 0.1) is 0 Å². The van der Waals surface area contributed by atoms with Gasteiger partial charge in [-0.3, -0.25) is 9.32 Å². The molecule has 1 amide bonds. The summed E-state index contributed by atoms with van der Waals surface area (Å²) in [5.41, 5.74) is 0.919. The van der Waals surface area contributed by atoms with Gasteiger partial charge in [0.25, 0.3) is 0 Å². The van der Waals surface area contributed by atoms with Gasteiger partial charge in [0.1, 0.15) is 5.75 Å². The second kappa shape index (κ2) is 13.2. The molecule has 3 N–H and O–H groups in total. The highest BCUT2D eigenvalue weighted by atomic mass is 35.5. The van der Waals surface area contributed by atoms with Gasteiger partial charge in [-0.15, -0.1) is 11.3 Å².